The SMILES string of the molecule is CCc1ccc(CC(=O)CBr)cc1O. The standard InChI is InChI=1S/C11H13BrO2/c1-2-9-4-3-8(6-11(9)14)5-10(13)7-12/h3-4,6,14H,2,5,7H2,1H3. The summed E-state index contributed by atoms with van der Waals surface area (Å²) < 4.78 is 0. The van der Waals surface area contributed by atoms with Gasteiger partial charge in [0.25, 0.3) is 0 Å². The topological polar surface area (TPSA) is 37.3 Å². The summed E-state index contributed by atoms with van der Waals surface area (Å²) in [5.74, 6) is 0.404. The van der Waals surface area contributed by atoms with Gasteiger partial charge in [-0.05, 0) is 23.6 Å². The van der Waals surface area contributed by atoms with Crippen LogP contribution >= 0.6 is 15.9 Å². The normalized spacial score (nSPS) is 10.1. The summed E-state index contributed by atoms with van der Waals surface area (Å²) in [6.07, 6.45) is 1.18. The number of phenols is 1. The molecule has 1 rings (SSSR count). The Labute approximate surface area is 92.1 Å². The number of alkyl halides is 1. The molecule has 14 heavy (non-hydrogen) atoms. The number of ketones is 1. The molecule has 1 aromatic carbocycles. The molecular weight excluding hydrogens is 244 g/mol. The lowest BCUT2D eigenvalue weighted by Gasteiger charge is -2.04. The minimum atomic E-state index is 0.119. The van der Waals surface area contributed by atoms with Crippen molar-refractivity contribution < 1.29 is 9.90 Å². The fraction of sp³-hybridized carbons (Fsp3) is 0.364. The van der Waals surface area contributed by atoms with Gasteiger partial charge in [0.15, 0.2) is 0 Å². The largest absolute Gasteiger partial charge is 0.508 e. The molecule has 1 aromatic rings. The Hall–Kier alpha value is -0.830. The number of Topliss-reactive ketones (excluding diaryl/α,β-unsaturated/α-hetero) is 1. The second-order valence-corrected chi connectivity index (χ2v) is 3.73. The van der Waals surface area contributed by atoms with Crippen molar-refractivity contribution in [2.45, 2.75) is 19.8 Å². The van der Waals surface area contributed by atoms with Gasteiger partial charge in [-0.3, -0.25) is 4.79 Å². The van der Waals surface area contributed by atoms with Crippen LogP contribution in [0.15, 0.2) is 18.2 Å². The Bertz CT molecular complexity index is 334. The van der Waals surface area contributed by atoms with Crippen molar-refractivity contribution >= 4 is 21.7 Å². The number of aromatic hydroxyl groups is 1. The van der Waals surface area contributed by atoms with Crippen molar-refractivity contribution in [3.8, 4) is 5.75 Å². The molecule has 0 radical (unpaired) electrons. The molecule has 0 aliphatic heterocycles. The van der Waals surface area contributed by atoms with E-state index < -0.39 is 0 Å². The van der Waals surface area contributed by atoms with Crippen molar-refractivity contribution in [1.29, 1.82) is 0 Å². The molecule has 0 saturated heterocycles. The zero-order chi connectivity index (χ0) is 10.6. The van der Waals surface area contributed by atoms with Crippen molar-refractivity contribution in [1.82, 2.24) is 0 Å². The molecule has 2 nitrogen and oxygen atoms in total. The Morgan fingerprint density at radius 2 is 2.21 bits per heavy atom. The van der Waals surface area contributed by atoms with Gasteiger partial charge in [-0.2, -0.15) is 0 Å². The Morgan fingerprint density at radius 3 is 2.71 bits per heavy atom. The van der Waals surface area contributed by atoms with Gasteiger partial charge in [-0.1, -0.05) is 35.0 Å². The van der Waals surface area contributed by atoms with Crippen LogP contribution in [-0.2, 0) is 17.6 Å². The third-order valence-electron chi connectivity index (χ3n) is 2.08. The maximum atomic E-state index is 11.1. The third kappa shape index (κ3) is 2.84. The number of carbonyl (C=O) groups is 1. The van der Waals surface area contributed by atoms with Gasteiger partial charge in [0.05, 0.1) is 5.33 Å². The summed E-state index contributed by atoms with van der Waals surface area (Å²) in [4.78, 5) is 11.1. The summed E-state index contributed by atoms with van der Waals surface area (Å²) >= 11 is 3.11. The van der Waals surface area contributed by atoms with Gasteiger partial charge in [-0.25, -0.2) is 0 Å². The van der Waals surface area contributed by atoms with Crippen LogP contribution in [0, 0.1) is 0 Å². The van der Waals surface area contributed by atoms with Crippen LogP contribution in [0.3, 0.4) is 0 Å². The first-order valence-corrected chi connectivity index (χ1v) is 5.68. The zero-order valence-electron chi connectivity index (χ0n) is 8.09. The van der Waals surface area contributed by atoms with Gasteiger partial charge in [0.2, 0.25) is 0 Å². The highest BCUT2D eigenvalue weighted by Crippen LogP contribution is 2.19. The van der Waals surface area contributed by atoms with E-state index in [9.17, 15) is 9.90 Å². The van der Waals surface area contributed by atoms with Gasteiger partial charge >= 0.3 is 0 Å². The van der Waals surface area contributed by atoms with E-state index in [1.807, 2.05) is 19.1 Å². The first kappa shape index (κ1) is 11.2. The van der Waals surface area contributed by atoms with Crippen LogP contribution in [0.2, 0.25) is 0 Å². The van der Waals surface area contributed by atoms with Crippen molar-refractivity contribution in [3.05, 3.63) is 29.3 Å². The molecule has 0 amide bonds. The fourth-order valence-electron chi connectivity index (χ4n) is 1.29. The Morgan fingerprint density at radius 1 is 1.50 bits per heavy atom. The maximum Gasteiger partial charge on any atom is 0.147 e. The van der Waals surface area contributed by atoms with E-state index in [1.54, 1.807) is 6.07 Å². The van der Waals surface area contributed by atoms with Crippen LogP contribution in [0.5, 0.6) is 5.75 Å². The summed E-state index contributed by atoms with van der Waals surface area (Å²) in [5.41, 5.74) is 1.78. The highest BCUT2D eigenvalue weighted by Gasteiger charge is 2.04. The van der Waals surface area contributed by atoms with E-state index in [0.29, 0.717) is 11.8 Å². The highest BCUT2D eigenvalue weighted by molar-refractivity contribution is 9.09. The van der Waals surface area contributed by atoms with E-state index in [4.69, 9.17) is 0 Å². The third-order valence-corrected chi connectivity index (χ3v) is 2.71. The number of rotatable bonds is 4. The fourth-order valence-corrected chi connectivity index (χ4v) is 1.49. The predicted octanol–water partition coefficient (Wildman–Crippen LogP) is 2.46. The highest BCUT2D eigenvalue weighted by atomic mass is 79.9. The first-order valence-electron chi connectivity index (χ1n) is 4.55. The van der Waals surface area contributed by atoms with Gasteiger partial charge in [0.1, 0.15) is 11.5 Å². The number of halogens is 1. The number of benzene rings is 1. The molecule has 0 bridgehead atoms. The number of phenolic OH excluding ortho intramolecular Hbond substituents is 1. The molecule has 0 fully saturated rings. The Kier molecular flexibility index (Phi) is 4.14. The van der Waals surface area contributed by atoms with Gasteiger partial charge < -0.3 is 5.11 Å². The molecular formula is C11H13BrO2. The summed E-state index contributed by atoms with van der Waals surface area (Å²) in [6.45, 7) is 1.98. The molecule has 0 unspecified atom stereocenters. The second kappa shape index (κ2) is 5.15. The van der Waals surface area contributed by atoms with Crippen molar-refractivity contribution in [2.24, 2.45) is 0 Å². The number of hydrogen-bond acceptors (Lipinski definition) is 2. The molecule has 0 saturated carbocycles. The second-order valence-electron chi connectivity index (χ2n) is 3.17. The predicted molar refractivity (Wildman–Crippen MR) is 60.0 cm³/mol. The maximum absolute atomic E-state index is 11.1. The van der Waals surface area contributed by atoms with Crippen LogP contribution in [0.4, 0.5) is 0 Å². The molecule has 0 aliphatic rings. The molecule has 3 heteroatoms. The molecule has 0 atom stereocenters. The smallest absolute Gasteiger partial charge is 0.147 e. The minimum Gasteiger partial charge on any atom is -0.508 e. The lowest BCUT2D eigenvalue weighted by molar-refractivity contribution is -0.115. The first-order chi connectivity index (χ1) is 6.67. The van der Waals surface area contributed by atoms with E-state index in [-0.39, 0.29) is 11.5 Å². The number of hydrogen-bond donors (Lipinski definition) is 1. The molecule has 0 spiro atoms. The van der Waals surface area contributed by atoms with Gasteiger partial charge in [0, 0.05) is 6.42 Å². The minimum absolute atomic E-state index is 0.119. The molecule has 0 heterocycles. The van der Waals surface area contributed by atoms with Crippen LogP contribution in [-0.4, -0.2) is 16.2 Å². The van der Waals surface area contributed by atoms with Crippen molar-refractivity contribution in [2.75, 3.05) is 5.33 Å². The van der Waals surface area contributed by atoms with Crippen LogP contribution < -0.4 is 0 Å². The monoisotopic (exact) mass is 256 g/mol. The summed E-state index contributed by atoms with van der Waals surface area (Å²) in [5, 5.41) is 9.92. The molecule has 0 aromatic heterocycles. The lowest BCUT2D eigenvalue weighted by Crippen LogP contribution is -2.03. The van der Waals surface area contributed by atoms with Crippen molar-refractivity contribution in [3.63, 3.8) is 0 Å². The van der Waals surface area contributed by atoms with E-state index >= 15 is 0 Å². The van der Waals surface area contributed by atoms with E-state index in [0.717, 1.165) is 17.5 Å². The average Bonchev–Trinajstić information content (AvgIpc) is 2.18. The quantitative estimate of drug-likeness (QED) is 0.841. The van der Waals surface area contributed by atoms with Crippen LogP contribution in [0.25, 0.3) is 0 Å². The summed E-state index contributed by atoms with van der Waals surface area (Å²) in [6, 6.07) is 5.42. The summed E-state index contributed by atoms with van der Waals surface area (Å²) in [7, 11) is 0. The molecule has 76 valence electrons. The molecule has 1 N–H and O–H groups in total. The zero-order valence-corrected chi connectivity index (χ0v) is 9.67. The lowest BCUT2D eigenvalue weighted by atomic mass is 10.0. The average molecular weight is 257 g/mol. The Balaban J connectivity index is 2.81. The van der Waals surface area contributed by atoms with E-state index in [1.165, 1.54) is 0 Å². The van der Waals surface area contributed by atoms with Crippen LogP contribution in [0.1, 0.15) is 18.1 Å². The van der Waals surface area contributed by atoms with E-state index in [2.05, 4.69) is 15.9 Å². The number of aryl methyl sites for hydroxylation is 1. The number of carbonyl (C=O) groups excluding carboxylic acids is 1. The van der Waals surface area contributed by atoms with Gasteiger partial charge in [-0.15, -0.1) is 0 Å². The molecule has 0 aliphatic carbocycles.